The van der Waals surface area contributed by atoms with Crippen molar-refractivity contribution in [2.45, 2.75) is 70.2 Å². The van der Waals surface area contributed by atoms with Gasteiger partial charge in [-0.2, -0.15) is 0 Å². The molecule has 0 aromatic carbocycles. The molecule has 2 aliphatic rings. The molecule has 1 heterocycles. The number of nitrogens with one attached hydrogen (secondary N) is 2. The van der Waals surface area contributed by atoms with Gasteiger partial charge >= 0.3 is 0 Å². The summed E-state index contributed by atoms with van der Waals surface area (Å²) in [6.45, 7) is 10.6. The fraction of sp³-hybridized carbons (Fsp3) is 0.941. The first-order valence-corrected chi connectivity index (χ1v) is 10.9. The fourth-order valence-electron chi connectivity index (χ4n) is 2.95. The highest BCUT2D eigenvalue weighted by Crippen LogP contribution is 2.29. The van der Waals surface area contributed by atoms with Crippen LogP contribution in [-0.2, 0) is 9.84 Å². The van der Waals surface area contributed by atoms with Gasteiger partial charge in [-0.15, -0.1) is 0 Å². The molecule has 0 spiro atoms. The summed E-state index contributed by atoms with van der Waals surface area (Å²) in [4.78, 5) is 7.07. The first kappa shape index (κ1) is 19.5. The standard InChI is InChI=1S/C17H34N4O2S/c1-5-18-16(19-10-13-24(22,23)17(2,3)4)20-14-8-11-21(12-9-14)15-6-7-15/h14-15H,5-13H2,1-4H3,(H2,18,19,20). The summed E-state index contributed by atoms with van der Waals surface area (Å²) < 4.78 is 23.6. The Morgan fingerprint density at radius 3 is 2.29 bits per heavy atom. The monoisotopic (exact) mass is 358 g/mol. The lowest BCUT2D eigenvalue weighted by molar-refractivity contribution is 0.197. The molecule has 2 N–H and O–H groups in total. The van der Waals surface area contributed by atoms with E-state index in [1.165, 1.54) is 12.8 Å². The average Bonchev–Trinajstić information content (AvgIpc) is 3.31. The van der Waals surface area contributed by atoms with Crippen molar-refractivity contribution in [3.8, 4) is 0 Å². The maximum Gasteiger partial charge on any atom is 0.191 e. The second-order valence-corrected chi connectivity index (χ2v) is 10.7. The molecule has 0 radical (unpaired) electrons. The van der Waals surface area contributed by atoms with Crippen molar-refractivity contribution < 1.29 is 8.42 Å². The molecular weight excluding hydrogens is 324 g/mol. The minimum Gasteiger partial charge on any atom is -0.357 e. The normalized spacial score (nSPS) is 21.8. The third-order valence-corrected chi connectivity index (χ3v) is 7.43. The SMILES string of the molecule is CCNC(=NCCS(=O)(=O)C(C)(C)C)NC1CCN(C2CC2)CC1. The summed E-state index contributed by atoms with van der Waals surface area (Å²) in [6, 6.07) is 1.27. The molecule has 24 heavy (non-hydrogen) atoms. The molecule has 1 saturated carbocycles. The van der Waals surface area contributed by atoms with Crippen LogP contribution in [-0.4, -0.2) is 68.0 Å². The highest BCUT2D eigenvalue weighted by Gasteiger charge is 2.32. The van der Waals surface area contributed by atoms with Crippen LogP contribution in [0.3, 0.4) is 0 Å². The number of hydrogen-bond donors (Lipinski definition) is 2. The number of likely N-dealkylation sites (tertiary alicyclic amines) is 1. The summed E-state index contributed by atoms with van der Waals surface area (Å²) in [7, 11) is -3.12. The van der Waals surface area contributed by atoms with E-state index in [4.69, 9.17) is 0 Å². The van der Waals surface area contributed by atoms with E-state index in [1.54, 1.807) is 20.8 Å². The van der Waals surface area contributed by atoms with Gasteiger partial charge in [-0.05, 0) is 53.4 Å². The highest BCUT2D eigenvalue weighted by atomic mass is 32.2. The lowest BCUT2D eigenvalue weighted by Crippen LogP contribution is -2.49. The first-order valence-electron chi connectivity index (χ1n) is 9.24. The number of nitrogens with zero attached hydrogens (tertiary/aromatic N) is 2. The second-order valence-electron chi connectivity index (χ2n) is 7.88. The van der Waals surface area contributed by atoms with Gasteiger partial charge in [0.15, 0.2) is 15.8 Å². The van der Waals surface area contributed by atoms with Gasteiger partial charge in [0, 0.05) is 31.7 Å². The molecule has 1 aliphatic carbocycles. The molecule has 0 atom stereocenters. The van der Waals surface area contributed by atoms with E-state index >= 15 is 0 Å². The summed E-state index contributed by atoms with van der Waals surface area (Å²) >= 11 is 0. The van der Waals surface area contributed by atoms with E-state index in [-0.39, 0.29) is 5.75 Å². The van der Waals surface area contributed by atoms with Gasteiger partial charge in [0.1, 0.15) is 0 Å². The maximum atomic E-state index is 12.2. The number of sulfone groups is 1. The Kier molecular flexibility index (Phi) is 6.53. The molecule has 0 bridgehead atoms. The van der Waals surface area contributed by atoms with E-state index in [0.29, 0.717) is 12.6 Å². The molecule has 6 nitrogen and oxygen atoms in total. The molecule has 2 fully saturated rings. The number of guanidine groups is 1. The first-order chi connectivity index (χ1) is 11.2. The molecule has 2 rings (SSSR count). The van der Waals surface area contributed by atoms with Crippen molar-refractivity contribution >= 4 is 15.8 Å². The van der Waals surface area contributed by atoms with Crippen molar-refractivity contribution in [3.63, 3.8) is 0 Å². The van der Waals surface area contributed by atoms with Gasteiger partial charge in [-0.1, -0.05) is 0 Å². The Bertz CT molecular complexity index is 527. The third-order valence-electron chi connectivity index (χ3n) is 4.84. The number of hydrogen-bond acceptors (Lipinski definition) is 4. The topological polar surface area (TPSA) is 73.8 Å². The quantitative estimate of drug-likeness (QED) is 0.554. The minimum atomic E-state index is -3.12. The summed E-state index contributed by atoms with van der Waals surface area (Å²) in [5.41, 5.74) is 0. The van der Waals surface area contributed by atoms with Crippen LogP contribution in [0.15, 0.2) is 4.99 Å². The van der Waals surface area contributed by atoms with Crippen LogP contribution in [0, 0.1) is 0 Å². The highest BCUT2D eigenvalue weighted by molar-refractivity contribution is 7.92. The number of piperidine rings is 1. The molecular formula is C17H34N4O2S. The zero-order chi connectivity index (χ0) is 17.8. The smallest absolute Gasteiger partial charge is 0.191 e. The largest absolute Gasteiger partial charge is 0.357 e. The lowest BCUT2D eigenvalue weighted by atomic mass is 10.1. The van der Waals surface area contributed by atoms with Crippen molar-refractivity contribution in [1.82, 2.24) is 15.5 Å². The molecule has 1 saturated heterocycles. The fourth-order valence-corrected chi connectivity index (χ4v) is 3.89. The molecule has 140 valence electrons. The summed E-state index contributed by atoms with van der Waals surface area (Å²) in [6.07, 6.45) is 4.98. The van der Waals surface area contributed by atoms with Gasteiger partial charge in [-0.25, -0.2) is 8.42 Å². The van der Waals surface area contributed by atoms with E-state index in [1.807, 2.05) is 6.92 Å². The Hall–Kier alpha value is -0.820. The van der Waals surface area contributed by atoms with Gasteiger partial charge in [0.05, 0.1) is 17.0 Å². The van der Waals surface area contributed by atoms with Crippen LogP contribution in [0.25, 0.3) is 0 Å². The minimum absolute atomic E-state index is 0.0905. The van der Waals surface area contributed by atoms with Crippen molar-refractivity contribution in [2.24, 2.45) is 4.99 Å². The Labute approximate surface area is 147 Å². The van der Waals surface area contributed by atoms with E-state index in [9.17, 15) is 8.42 Å². The van der Waals surface area contributed by atoms with Crippen LogP contribution in [0.1, 0.15) is 53.4 Å². The summed E-state index contributed by atoms with van der Waals surface area (Å²) in [5, 5.41) is 6.71. The van der Waals surface area contributed by atoms with Crippen LogP contribution in [0.2, 0.25) is 0 Å². The zero-order valence-corrected chi connectivity index (χ0v) is 16.5. The van der Waals surface area contributed by atoms with E-state index < -0.39 is 14.6 Å². The molecule has 0 aromatic heterocycles. The predicted octanol–water partition coefficient (Wildman–Crippen LogP) is 1.38. The molecule has 0 unspecified atom stereocenters. The summed E-state index contributed by atoms with van der Waals surface area (Å²) in [5.74, 6) is 0.833. The molecule has 7 heteroatoms. The predicted molar refractivity (Wildman–Crippen MR) is 100 cm³/mol. The zero-order valence-electron chi connectivity index (χ0n) is 15.6. The number of aliphatic imine (C=N–C) groups is 1. The van der Waals surface area contributed by atoms with Gasteiger partial charge in [-0.3, -0.25) is 4.99 Å². The van der Waals surface area contributed by atoms with Gasteiger partial charge in [0.25, 0.3) is 0 Å². The Balaban J connectivity index is 1.82. The van der Waals surface area contributed by atoms with Crippen LogP contribution >= 0.6 is 0 Å². The van der Waals surface area contributed by atoms with E-state index in [2.05, 4.69) is 20.5 Å². The van der Waals surface area contributed by atoms with Crippen LogP contribution < -0.4 is 10.6 Å². The van der Waals surface area contributed by atoms with Crippen LogP contribution in [0.5, 0.6) is 0 Å². The van der Waals surface area contributed by atoms with Gasteiger partial charge in [0.2, 0.25) is 0 Å². The third kappa shape index (κ3) is 5.62. The van der Waals surface area contributed by atoms with E-state index in [0.717, 1.165) is 44.5 Å². The van der Waals surface area contributed by atoms with Crippen LogP contribution in [0.4, 0.5) is 0 Å². The lowest BCUT2D eigenvalue weighted by Gasteiger charge is -2.33. The maximum absolute atomic E-state index is 12.2. The molecule has 0 amide bonds. The van der Waals surface area contributed by atoms with Crippen molar-refractivity contribution in [2.75, 3.05) is 31.9 Å². The van der Waals surface area contributed by atoms with Gasteiger partial charge < -0.3 is 15.5 Å². The second kappa shape index (κ2) is 8.04. The van der Waals surface area contributed by atoms with Crippen molar-refractivity contribution in [3.05, 3.63) is 0 Å². The molecule has 0 aromatic rings. The van der Waals surface area contributed by atoms with Crippen molar-refractivity contribution in [1.29, 1.82) is 0 Å². The number of rotatable bonds is 6. The Morgan fingerprint density at radius 2 is 1.79 bits per heavy atom. The molecule has 1 aliphatic heterocycles. The Morgan fingerprint density at radius 1 is 1.17 bits per heavy atom. The average molecular weight is 359 g/mol.